The van der Waals surface area contributed by atoms with Gasteiger partial charge >= 0.3 is 5.97 Å². The number of hydrogen-bond acceptors (Lipinski definition) is 3. The summed E-state index contributed by atoms with van der Waals surface area (Å²) in [5.41, 5.74) is -0.908. The zero-order chi connectivity index (χ0) is 20.0. The van der Waals surface area contributed by atoms with Crippen LogP contribution < -0.4 is 0 Å². The molecule has 150 valence electrons. The van der Waals surface area contributed by atoms with Crippen LogP contribution in [0.5, 0.6) is 0 Å². The molecule has 1 aliphatic carbocycles. The Morgan fingerprint density at radius 3 is 2.26 bits per heavy atom. The molecule has 3 nitrogen and oxygen atoms in total. The Bertz CT molecular complexity index is 676. The van der Waals surface area contributed by atoms with Crippen molar-refractivity contribution in [3.8, 4) is 0 Å². The highest BCUT2D eigenvalue weighted by molar-refractivity contribution is 5.84. The molecule has 2 aliphatic rings. The van der Waals surface area contributed by atoms with E-state index in [1.54, 1.807) is 0 Å². The highest BCUT2D eigenvalue weighted by Crippen LogP contribution is 2.62. The van der Waals surface area contributed by atoms with Crippen LogP contribution in [0, 0.1) is 23.2 Å². The van der Waals surface area contributed by atoms with Crippen LogP contribution in [0.1, 0.15) is 73.3 Å². The van der Waals surface area contributed by atoms with E-state index < -0.39 is 5.60 Å². The third kappa shape index (κ3) is 3.12. The summed E-state index contributed by atoms with van der Waals surface area (Å²) >= 11 is 0. The van der Waals surface area contributed by atoms with Gasteiger partial charge in [0, 0.05) is 5.41 Å². The zero-order valence-corrected chi connectivity index (χ0v) is 18.0. The summed E-state index contributed by atoms with van der Waals surface area (Å²) in [4.78, 5) is 13.6. The maximum absolute atomic E-state index is 13.6. The fourth-order valence-corrected chi connectivity index (χ4v) is 4.99. The lowest BCUT2D eigenvalue weighted by Crippen LogP contribution is -2.73. The number of carbonyl (C=O) groups is 1. The highest BCUT2D eigenvalue weighted by atomic mass is 16.6. The summed E-state index contributed by atoms with van der Waals surface area (Å²) in [6.07, 6.45) is 3.27. The van der Waals surface area contributed by atoms with E-state index in [2.05, 4.69) is 48.5 Å². The van der Waals surface area contributed by atoms with E-state index in [1.165, 1.54) is 6.42 Å². The molecule has 0 bridgehead atoms. The van der Waals surface area contributed by atoms with E-state index in [9.17, 15) is 4.79 Å². The van der Waals surface area contributed by atoms with Gasteiger partial charge in [-0.05, 0) is 50.0 Å². The van der Waals surface area contributed by atoms with Crippen molar-refractivity contribution in [2.24, 2.45) is 23.2 Å². The van der Waals surface area contributed by atoms with Crippen molar-refractivity contribution in [1.82, 2.24) is 0 Å². The molecule has 27 heavy (non-hydrogen) atoms. The molecule has 0 unspecified atom stereocenters. The van der Waals surface area contributed by atoms with Crippen molar-refractivity contribution in [1.29, 1.82) is 0 Å². The molecule has 1 aromatic carbocycles. The van der Waals surface area contributed by atoms with Crippen molar-refractivity contribution < 1.29 is 14.3 Å². The molecule has 1 saturated carbocycles. The Hall–Kier alpha value is -1.35. The van der Waals surface area contributed by atoms with Gasteiger partial charge in [0.05, 0.1) is 5.60 Å². The molecule has 1 saturated heterocycles. The minimum absolute atomic E-state index is 0.0232. The molecule has 3 heteroatoms. The zero-order valence-electron chi connectivity index (χ0n) is 18.0. The van der Waals surface area contributed by atoms with E-state index >= 15 is 0 Å². The number of ether oxygens (including phenoxy) is 2. The monoisotopic (exact) mass is 372 g/mol. The molecular weight excluding hydrogens is 336 g/mol. The topological polar surface area (TPSA) is 35.5 Å². The van der Waals surface area contributed by atoms with Gasteiger partial charge in [-0.15, -0.1) is 0 Å². The second-order valence-electron chi connectivity index (χ2n) is 10.1. The minimum Gasteiger partial charge on any atom is -0.460 e. The first kappa shape index (κ1) is 20.4. The number of esters is 1. The molecule has 0 amide bonds. The Morgan fingerprint density at radius 1 is 1.11 bits per heavy atom. The van der Waals surface area contributed by atoms with Gasteiger partial charge in [0.25, 0.3) is 0 Å². The van der Waals surface area contributed by atoms with Gasteiger partial charge in [-0.1, -0.05) is 71.4 Å². The van der Waals surface area contributed by atoms with E-state index in [0.717, 1.165) is 18.4 Å². The predicted octanol–water partition coefficient (Wildman–Crippen LogP) is 5.72. The van der Waals surface area contributed by atoms with Gasteiger partial charge < -0.3 is 9.47 Å². The lowest BCUT2D eigenvalue weighted by molar-refractivity contribution is -0.355. The molecule has 4 atom stereocenters. The van der Waals surface area contributed by atoms with Gasteiger partial charge in [0.15, 0.2) is 5.60 Å². The molecule has 0 N–H and O–H groups in total. The molecule has 0 radical (unpaired) electrons. The van der Waals surface area contributed by atoms with E-state index in [4.69, 9.17) is 9.47 Å². The van der Waals surface area contributed by atoms with Crippen LogP contribution in [0.25, 0.3) is 0 Å². The third-order valence-electron chi connectivity index (χ3n) is 7.48. The number of rotatable bonds is 4. The summed E-state index contributed by atoms with van der Waals surface area (Å²) < 4.78 is 12.6. The highest BCUT2D eigenvalue weighted by Gasteiger charge is 2.72. The van der Waals surface area contributed by atoms with Crippen LogP contribution in [0.2, 0.25) is 0 Å². The summed E-state index contributed by atoms with van der Waals surface area (Å²) in [6, 6.07) is 9.88. The van der Waals surface area contributed by atoms with Crippen LogP contribution in [0.4, 0.5) is 0 Å². The molecule has 2 fully saturated rings. The van der Waals surface area contributed by atoms with E-state index in [0.29, 0.717) is 17.8 Å². The fourth-order valence-electron chi connectivity index (χ4n) is 4.99. The van der Waals surface area contributed by atoms with Gasteiger partial charge in [0.1, 0.15) is 6.10 Å². The average Bonchev–Trinajstić information content (AvgIpc) is 2.59. The summed E-state index contributed by atoms with van der Waals surface area (Å²) in [5.74, 6) is 1.31. The summed E-state index contributed by atoms with van der Waals surface area (Å²) in [7, 11) is 0. The first-order chi connectivity index (χ1) is 12.5. The van der Waals surface area contributed by atoms with Crippen molar-refractivity contribution in [3.05, 3.63) is 35.9 Å². The molecule has 0 aromatic heterocycles. The lowest BCUT2D eigenvalue weighted by atomic mass is 9.56. The Morgan fingerprint density at radius 2 is 1.74 bits per heavy atom. The summed E-state index contributed by atoms with van der Waals surface area (Å²) in [5, 5.41) is 0. The van der Waals surface area contributed by atoms with Crippen LogP contribution >= 0.6 is 0 Å². The van der Waals surface area contributed by atoms with Gasteiger partial charge in [-0.3, -0.25) is 0 Å². The molecule has 1 aromatic rings. The van der Waals surface area contributed by atoms with Crippen molar-refractivity contribution in [2.75, 3.05) is 0 Å². The Balaban J connectivity index is 1.93. The predicted molar refractivity (Wildman–Crippen MR) is 108 cm³/mol. The van der Waals surface area contributed by atoms with Crippen LogP contribution in [-0.2, 0) is 19.9 Å². The molecule has 1 heterocycles. The largest absolute Gasteiger partial charge is 0.460 e. The maximum atomic E-state index is 13.6. The molecule has 0 spiro atoms. The smallest absolute Gasteiger partial charge is 0.344 e. The fraction of sp³-hybridized carbons (Fsp3) is 0.708. The summed E-state index contributed by atoms with van der Waals surface area (Å²) in [6.45, 7) is 15.1. The first-order valence-electron chi connectivity index (χ1n) is 10.5. The van der Waals surface area contributed by atoms with Crippen LogP contribution in [0.3, 0.4) is 0 Å². The second-order valence-corrected chi connectivity index (χ2v) is 10.1. The third-order valence-corrected chi connectivity index (χ3v) is 7.48. The number of benzene rings is 1. The second kappa shape index (κ2) is 6.92. The average molecular weight is 373 g/mol. The van der Waals surface area contributed by atoms with E-state index in [-0.39, 0.29) is 23.1 Å². The maximum Gasteiger partial charge on any atom is 0.344 e. The van der Waals surface area contributed by atoms with Gasteiger partial charge in [-0.25, -0.2) is 4.79 Å². The van der Waals surface area contributed by atoms with Crippen LogP contribution in [-0.4, -0.2) is 17.7 Å². The Kier molecular flexibility index (Phi) is 5.22. The van der Waals surface area contributed by atoms with Gasteiger partial charge in [0.2, 0.25) is 0 Å². The van der Waals surface area contributed by atoms with Crippen molar-refractivity contribution in [3.63, 3.8) is 0 Å². The molecule has 3 rings (SSSR count). The molecule has 1 aliphatic heterocycles. The normalized spacial score (nSPS) is 34.7. The van der Waals surface area contributed by atoms with Crippen molar-refractivity contribution >= 4 is 5.97 Å². The minimum atomic E-state index is -1.04. The quantitative estimate of drug-likeness (QED) is 0.634. The van der Waals surface area contributed by atoms with Crippen LogP contribution in [0.15, 0.2) is 30.3 Å². The number of hydrogen-bond donors (Lipinski definition) is 0. The Labute approximate surface area is 164 Å². The van der Waals surface area contributed by atoms with E-state index in [1.807, 2.05) is 30.3 Å². The van der Waals surface area contributed by atoms with Crippen molar-refractivity contribution in [2.45, 2.75) is 85.0 Å². The van der Waals surface area contributed by atoms with Gasteiger partial charge in [-0.2, -0.15) is 0 Å². The molecular formula is C24H36O3. The SMILES string of the molecule is CC(C)[C@@H]1CC[C@@H](C)C[C@H]1OC(=O)[C@@]1(c2ccccc2)OC(C)(C)C1(C)C. The number of carbonyl (C=O) groups excluding carboxylic acids is 1. The standard InChI is InChI=1S/C24H36O3/c1-16(2)19-14-13-17(3)15-20(19)26-21(25)24(18-11-9-8-10-12-18)22(4,5)23(6,7)27-24/h8-12,16-17,19-20H,13-15H2,1-7H3/t17-,19+,20-,24-/m1/s1. The first-order valence-corrected chi connectivity index (χ1v) is 10.5. The lowest BCUT2D eigenvalue weighted by Gasteiger charge is -2.64.